The standard InChI is InChI=1S/C14H21ClN2/c1-11-9-14(15)16-10-13(11)17-12-7-5-3-2-4-6-8-12/h9-10,12,17H,2-8H2,1H3. The van der Waals surface area contributed by atoms with Gasteiger partial charge in [-0.05, 0) is 31.4 Å². The zero-order chi connectivity index (χ0) is 12.1. The molecular formula is C14H21ClN2. The van der Waals surface area contributed by atoms with Crippen LogP contribution in [0.25, 0.3) is 0 Å². The van der Waals surface area contributed by atoms with Crippen molar-refractivity contribution in [2.75, 3.05) is 5.32 Å². The Bertz CT molecular complexity index is 357. The molecule has 1 fully saturated rings. The number of aromatic nitrogens is 1. The Morgan fingerprint density at radius 3 is 2.47 bits per heavy atom. The van der Waals surface area contributed by atoms with Gasteiger partial charge in [0.1, 0.15) is 5.15 Å². The topological polar surface area (TPSA) is 24.9 Å². The molecule has 2 nitrogen and oxygen atoms in total. The van der Waals surface area contributed by atoms with Crippen molar-refractivity contribution in [3.63, 3.8) is 0 Å². The zero-order valence-electron chi connectivity index (χ0n) is 10.5. The van der Waals surface area contributed by atoms with Crippen LogP contribution in [0.3, 0.4) is 0 Å². The first-order valence-electron chi connectivity index (χ1n) is 6.64. The molecule has 0 radical (unpaired) electrons. The third kappa shape index (κ3) is 3.88. The van der Waals surface area contributed by atoms with Gasteiger partial charge in [-0.25, -0.2) is 4.98 Å². The molecule has 1 aliphatic carbocycles. The smallest absolute Gasteiger partial charge is 0.129 e. The molecule has 1 aromatic rings. The highest BCUT2D eigenvalue weighted by Crippen LogP contribution is 2.23. The molecule has 0 aliphatic heterocycles. The molecule has 1 N–H and O–H groups in total. The summed E-state index contributed by atoms with van der Waals surface area (Å²) in [6, 6.07) is 2.53. The molecule has 2 rings (SSSR count). The first-order chi connectivity index (χ1) is 8.25. The van der Waals surface area contributed by atoms with E-state index in [2.05, 4.69) is 17.2 Å². The van der Waals surface area contributed by atoms with Crippen molar-refractivity contribution < 1.29 is 0 Å². The van der Waals surface area contributed by atoms with E-state index in [0.29, 0.717) is 11.2 Å². The number of nitrogens with one attached hydrogen (secondary N) is 1. The minimum Gasteiger partial charge on any atom is -0.381 e. The lowest BCUT2D eigenvalue weighted by atomic mass is 9.96. The summed E-state index contributed by atoms with van der Waals surface area (Å²) < 4.78 is 0. The van der Waals surface area contributed by atoms with Crippen molar-refractivity contribution in [3.8, 4) is 0 Å². The first-order valence-corrected chi connectivity index (χ1v) is 7.02. The van der Waals surface area contributed by atoms with Gasteiger partial charge in [0.15, 0.2) is 0 Å². The van der Waals surface area contributed by atoms with Crippen LogP contribution >= 0.6 is 11.6 Å². The fraction of sp³-hybridized carbons (Fsp3) is 0.643. The number of pyridine rings is 1. The lowest BCUT2D eigenvalue weighted by Crippen LogP contribution is -2.21. The number of rotatable bonds is 2. The predicted octanol–water partition coefficient (Wildman–Crippen LogP) is 4.57. The summed E-state index contributed by atoms with van der Waals surface area (Å²) >= 11 is 5.87. The molecule has 17 heavy (non-hydrogen) atoms. The number of hydrogen-bond donors (Lipinski definition) is 1. The van der Waals surface area contributed by atoms with E-state index in [9.17, 15) is 0 Å². The highest BCUT2D eigenvalue weighted by Gasteiger charge is 2.12. The van der Waals surface area contributed by atoms with E-state index in [-0.39, 0.29) is 0 Å². The molecule has 0 spiro atoms. The molecule has 94 valence electrons. The number of hydrogen-bond acceptors (Lipinski definition) is 2. The zero-order valence-corrected chi connectivity index (χ0v) is 11.3. The van der Waals surface area contributed by atoms with Gasteiger partial charge in [-0.2, -0.15) is 0 Å². The summed E-state index contributed by atoms with van der Waals surface area (Å²) in [4.78, 5) is 4.15. The van der Waals surface area contributed by atoms with E-state index >= 15 is 0 Å². The molecule has 0 amide bonds. The van der Waals surface area contributed by atoms with Crippen LogP contribution in [0.5, 0.6) is 0 Å². The third-order valence-electron chi connectivity index (χ3n) is 3.54. The molecule has 1 heterocycles. The van der Waals surface area contributed by atoms with Crippen LogP contribution in [0.15, 0.2) is 12.3 Å². The van der Waals surface area contributed by atoms with Gasteiger partial charge < -0.3 is 5.32 Å². The second-order valence-corrected chi connectivity index (χ2v) is 5.40. The lowest BCUT2D eigenvalue weighted by Gasteiger charge is -2.22. The Hall–Kier alpha value is -0.760. The largest absolute Gasteiger partial charge is 0.381 e. The number of halogens is 1. The van der Waals surface area contributed by atoms with Crippen molar-refractivity contribution in [1.82, 2.24) is 4.98 Å². The van der Waals surface area contributed by atoms with Gasteiger partial charge in [-0.1, -0.05) is 43.7 Å². The average molecular weight is 253 g/mol. The van der Waals surface area contributed by atoms with Crippen molar-refractivity contribution in [1.29, 1.82) is 0 Å². The summed E-state index contributed by atoms with van der Waals surface area (Å²) in [6.45, 7) is 2.08. The minimum atomic E-state index is 0.575. The van der Waals surface area contributed by atoms with E-state index in [1.165, 1.54) is 50.5 Å². The molecule has 0 saturated heterocycles. The van der Waals surface area contributed by atoms with Crippen LogP contribution in [-0.4, -0.2) is 11.0 Å². The first kappa shape index (κ1) is 12.7. The van der Waals surface area contributed by atoms with E-state index in [0.717, 1.165) is 5.69 Å². The molecule has 0 bridgehead atoms. The minimum absolute atomic E-state index is 0.575. The van der Waals surface area contributed by atoms with E-state index in [1.54, 1.807) is 0 Å². The van der Waals surface area contributed by atoms with E-state index < -0.39 is 0 Å². The normalized spacial score (nSPS) is 18.5. The maximum atomic E-state index is 5.87. The molecule has 3 heteroatoms. The highest BCUT2D eigenvalue weighted by molar-refractivity contribution is 6.29. The Labute approximate surface area is 109 Å². The molecule has 0 atom stereocenters. The van der Waals surface area contributed by atoms with Crippen LogP contribution in [0.2, 0.25) is 5.15 Å². The summed E-state index contributed by atoms with van der Waals surface area (Å²) in [5.41, 5.74) is 2.33. The SMILES string of the molecule is Cc1cc(Cl)ncc1NC1CCCCCCC1. The van der Waals surface area contributed by atoms with Gasteiger partial charge in [0.2, 0.25) is 0 Å². The summed E-state index contributed by atoms with van der Waals surface area (Å²) in [5.74, 6) is 0. The van der Waals surface area contributed by atoms with Crippen LogP contribution in [0.4, 0.5) is 5.69 Å². The number of aryl methyl sites for hydroxylation is 1. The maximum Gasteiger partial charge on any atom is 0.129 e. The fourth-order valence-electron chi connectivity index (χ4n) is 2.49. The maximum absolute atomic E-state index is 5.87. The highest BCUT2D eigenvalue weighted by atomic mass is 35.5. The van der Waals surface area contributed by atoms with Gasteiger partial charge in [0, 0.05) is 6.04 Å². The average Bonchev–Trinajstić information content (AvgIpc) is 2.25. The van der Waals surface area contributed by atoms with Crippen molar-refractivity contribution >= 4 is 17.3 Å². The summed E-state index contributed by atoms with van der Waals surface area (Å²) in [6.07, 6.45) is 11.3. The molecule has 0 unspecified atom stereocenters. The quantitative estimate of drug-likeness (QED) is 0.780. The van der Waals surface area contributed by atoms with E-state index in [1.807, 2.05) is 12.3 Å². The van der Waals surface area contributed by atoms with E-state index in [4.69, 9.17) is 11.6 Å². The Morgan fingerprint density at radius 1 is 1.18 bits per heavy atom. The second-order valence-electron chi connectivity index (χ2n) is 5.01. The van der Waals surface area contributed by atoms with Gasteiger partial charge in [-0.15, -0.1) is 0 Å². The molecule has 0 aromatic carbocycles. The van der Waals surface area contributed by atoms with Gasteiger partial charge in [0.05, 0.1) is 11.9 Å². The number of nitrogens with zero attached hydrogens (tertiary/aromatic N) is 1. The van der Waals surface area contributed by atoms with Gasteiger partial charge in [0.25, 0.3) is 0 Å². The van der Waals surface area contributed by atoms with Crippen LogP contribution in [0, 0.1) is 6.92 Å². The summed E-state index contributed by atoms with van der Waals surface area (Å²) in [7, 11) is 0. The van der Waals surface area contributed by atoms with Crippen molar-refractivity contribution in [2.24, 2.45) is 0 Å². The van der Waals surface area contributed by atoms with Crippen molar-refractivity contribution in [2.45, 2.75) is 57.9 Å². The molecule has 1 aliphatic rings. The van der Waals surface area contributed by atoms with Gasteiger partial charge >= 0.3 is 0 Å². The van der Waals surface area contributed by atoms with Crippen LogP contribution in [-0.2, 0) is 0 Å². The Kier molecular flexibility index (Phi) is 4.66. The van der Waals surface area contributed by atoms with Crippen LogP contribution < -0.4 is 5.32 Å². The van der Waals surface area contributed by atoms with Crippen LogP contribution in [0.1, 0.15) is 50.5 Å². The second kappa shape index (κ2) is 6.25. The molecular weight excluding hydrogens is 232 g/mol. The Balaban J connectivity index is 1.98. The third-order valence-corrected chi connectivity index (χ3v) is 3.75. The van der Waals surface area contributed by atoms with Gasteiger partial charge in [-0.3, -0.25) is 0 Å². The summed E-state index contributed by atoms with van der Waals surface area (Å²) in [5, 5.41) is 4.20. The Morgan fingerprint density at radius 2 is 1.82 bits per heavy atom. The number of anilines is 1. The monoisotopic (exact) mass is 252 g/mol. The molecule has 1 aromatic heterocycles. The van der Waals surface area contributed by atoms with Crippen molar-refractivity contribution in [3.05, 3.63) is 23.0 Å². The fourth-order valence-corrected chi connectivity index (χ4v) is 2.71. The molecule has 1 saturated carbocycles. The predicted molar refractivity (Wildman–Crippen MR) is 73.7 cm³/mol. The lowest BCUT2D eigenvalue weighted by molar-refractivity contribution is 0.471.